The van der Waals surface area contributed by atoms with Crippen molar-refractivity contribution in [2.45, 2.75) is 32.2 Å². The average Bonchev–Trinajstić information content (AvgIpc) is 3.14. The Hall–Kier alpha value is -2.63. The zero-order chi connectivity index (χ0) is 16.4. The lowest BCUT2D eigenvalue weighted by molar-refractivity contribution is -0.117. The highest BCUT2D eigenvalue weighted by molar-refractivity contribution is 5.96. The highest BCUT2D eigenvalue weighted by Gasteiger charge is 2.33. The van der Waals surface area contributed by atoms with Gasteiger partial charge in [-0.1, -0.05) is 6.07 Å². The fourth-order valence-electron chi connectivity index (χ4n) is 3.05. The lowest BCUT2D eigenvalue weighted by Gasteiger charge is -2.24. The molecule has 0 bridgehead atoms. The van der Waals surface area contributed by atoms with Crippen molar-refractivity contribution in [3.63, 3.8) is 0 Å². The molecule has 3 heterocycles. The van der Waals surface area contributed by atoms with E-state index in [1.807, 2.05) is 25.1 Å². The number of carbonyl (C=O) groups is 2. The molecule has 2 aromatic heterocycles. The molecular formula is C17H19N3O3. The summed E-state index contributed by atoms with van der Waals surface area (Å²) in [4.78, 5) is 30.3. The first-order valence-corrected chi connectivity index (χ1v) is 7.65. The van der Waals surface area contributed by atoms with Crippen molar-refractivity contribution < 1.29 is 14.0 Å². The third-order valence-electron chi connectivity index (χ3n) is 4.08. The summed E-state index contributed by atoms with van der Waals surface area (Å²) in [6, 6.07) is 7.39. The van der Waals surface area contributed by atoms with Crippen molar-refractivity contribution in [2.24, 2.45) is 5.73 Å². The van der Waals surface area contributed by atoms with Crippen LogP contribution in [-0.2, 0) is 11.2 Å². The lowest BCUT2D eigenvalue weighted by atomic mass is 10.1. The van der Waals surface area contributed by atoms with Gasteiger partial charge in [0.05, 0.1) is 30.0 Å². The number of aromatic nitrogens is 1. The number of pyridine rings is 1. The molecule has 1 aliphatic heterocycles. The monoisotopic (exact) mass is 313 g/mol. The highest BCUT2D eigenvalue weighted by Crippen LogP contribution is 2.32. The topological polar surface area (TPSA) is 89.4 Å². The van der Waals surface area contributed by atoms with Crippen LogP contribution in [0.2, 0.25) is 0 Å². The summed E-state index contributed by atoms with van der Waals surface area (Å²) in [6.45, 7) is 2.60. The number of hydrogen-bond acceptors (Lipinski definition) is 4. The number of amides is 2. The largest absolute Gasteiger partial charge is 0.468 e. The van der Waals surface area contributed by atoms with Gasteiger partial charge in [-0.05, 0) is 38.0 Å². The van der Waals surface area contributed by atoms with Crippen LogP contribution >= 0.6 is 0 Å². The van der Waals surface area contributed by atoms with Crippen LogP contribution in [0.25, 0.3) is 0 Å². The van der Waals surface area contributed by atoms with Gasteiger partial charge in [0.25, 0.3) is 5.91 Å². The molecule has 3 rings (SSSR count). The van der Waals surface area contributed by atoms with Crippen LogP contribution in [0.15, 0.2) is 34.9 Å². The maximum absolute atomic E-state index is 12.9. The number of hydrogen-bond donors (Lipinski definition) is 1. The molecule has 6 nitrogen and oxygen atoms in total. The van der Waals surface area contributed by atoms with Crippen molar-refractivity contribution in [3.8, 4) is 0 Å². The predicted molar refractivity (Wildman–Crippen MR) is 83.6 cm³/mol. The van der Waals surface area contributed by atoms with Crippen molar-refractivity contribution in [1.29, 1.82) is 0 Å². The Morgan fingerprint density at radius 2 is 2.22 bits per heavy atom. The van der Waals surface area contributed by atoms with Crippen LogP contribution in [0.1, 0.15) is 46.4 Å². The molecule has 2 amide bonds. The van der Waals surface area contributed by atoms with E-state index in [1.54, 1.807) is 11.0 Å². The van der Waals surface area contributed by atoms with Gasteiger partial charge in [-0.2, -0.15) is 0 Å². The maximum Gasteiger partial charge on any atom is 0.257 e. The molecular weight excluding hydrogens is 294 g/mol. The molecule has 1 fully saturated rings. The van der Waals surface area contributed by atoms with Crippen molar-refractivity contribution in [3.05, 3.63) is 53.2 Å². The Balaban J connectivity index is 1.87. The van der Waals surface area contributed by atoms with Crippen LogP contribution in [-0.4, -0.2) is 28.2 Å². The predicted octanol–water partition coefficient (Wildman–Crippen LogP) is 1.99. The summed E-state index contributed by atoms with van der Waals surface area (Å²) < 4.78 is 5.25. The van der Waals surface area contributed by atoms with E-state index in [1.165, 1.54) is 6.26 Å². The quantitative estimate of drug-likeness (QED) is 0.934. The van der Waals surface area contributed by atoms with Crippen LogP contribution in [0.3, 0.4) is 0 Å². The molecule has 0 spiro atoms. The summed E-state index contributed by atoms with van der Waals surface area (Å²) >= 11 is 0. The van der Waals surface area contributed by atoms with Gasteiger partial charge < -0.3 is 15.1 Å². The van der Waals surface area contributed by atoms with E-state index in [4.69, 9.17) is 10.2 Å². The Labute approximate surface area is 134 Å². The van der Waals surface area contributed by atoms with Gasteiger partial charge in [0, 0.05) is 12.2 Å². The number of aryl methyl sites for hydroxylation is 1. The van der Waals surface area contributed by atoms with E-state index in [0.29, 0.717) is 17.9 Å². The van der Waals surface area contributed by atoms with Crippen molar-refractivity contribution in [2.75, 3.05) is 6.54 Å². The van der Waals surface area contributed by atoms with Gasteiger partial charge in [-0.3, -0.25) is 14.6 Å². The van der Waals surface area contributed by atoms with Crippen LogP contribution < -0.4 is 5.73 Å². The first-order chi connectivity index (χ1) is 11.1. The lowest BCUT2D eigenvalue weighted by Crippen LogP contribution is -2.31. The minimum Gasteiger partial charge on any atom is -0.468 e. The van der Waals surface area contributed by atoms with E-state index in [9.17, 15) is 9.59 Å². The van der Waals surface area contributed by atoms with Crippen molar-refractivity contribution in [1.82, 2.24) is 9.88 Å². The molecule has 6 heteroatoms. The molecule has 0 aliphatic carbocycles. The third kappa shape index (κ3) is 3.11. The Bertz CT molecular complexity index is 738. The second kappa shape index (κ2) is 6.24. The van der Waals surface area contributed by atoms with E-state index >= 15 is 0 Å². The Morgan fingerprint density at radius 1 is 1.39 bits per heavy atom. The molecule has 0 radical (unpaired) electrons. The number of carbonyl (C=O) groups excluding carboxylic acids is 2. The second-order valence-electron chi connectivity index (χ2n) is 5.76. The van der Waals surface area contributed by atoms with E-state index in [-0.39, 0.29) is 18.4 Å². The first-order valence-electron chi connectivity index (χ1n) is 7.65. The Morgan fingerprint density at radius 3 is 2.96 bits per heavy atom. The van der Waals surface area contributed by atoms with Gasteiger partial charge >= 0.3 is 0 Å². The summed E-state index contributed by atoms with van der Waals surface area (Å²) in [5.74, 6) is -0.335. The number of furan rings is 1. The number of likely N-dealkylation sites (tertiary alicyclic amines) is 1. The molecule has 1 aliphatic rings. The first kappa shape index (κ1) is 15.3. The summed E-state index contributed by atoms with van der Waals surface area (Å²) in [6.07, 6.45) is 3.15. The van der Waals surface area contributed by atoms with Gasteiger partial charge in [0.2, 0.25) is 5.91 Å². The van der Waals surface area contributed by atoms with Crippen molar-refractivity contribution >= 4 is 11.8 Å². The molecule has 0 saturated carbocycles. The zero-order valence-corrected chi connectivity index (χ0v) is 13.0. The Kier molecular flexibility index (Phi) is 4.14. The molecule has 120 valence electrons. The molecule has 0 aromatic carbocycles. The fraction of sp³-hybridized carbons (Fsp3) is 0.353. The minimum atomic E-state index is -0.521. The SMILES string of the molecule is Cc1cccc(C2CCCN2C(=O)c2ccoc2CC(N)=O)n1. The van der Waals surface area contributed by atoms with E-state index < -0.39 is 5.91 Å². The zero-order valence-electron chi connectivity index (χ0n) is 13.0. The highest BCUT2D eigenvalue weighted by atomic mass is 16.3. The molecule has 2 N–H and O–H groups in total. The molecule has 2 aromatic rings. The number of nitrogens with zero attached hydrogens (tertiary/aromatic N) is 2. The molecule has 1 unspecified atom stereocenters. The van der Waals surface area contributed by atoms with Gasteiger partial charge in [-0.15, -0.1) is 0 Å². The number of primary amides is 1. The number of nitrogens with two attached hydrogens (primary N) is 1. The van der Waals surface area contributed by atoms with Gasteiger partial charge in [0.15, 0.2) is 0 Å². The fourth-order valence-corrected chi connectivity index (χ4v) is 3.05. The maximum atomic E-state index is 12.9. The standard InChI is InChI=1S/C17H19N3O3/c1-11-4-2-5-13(19-11)14-6-3-8-20(14)17(22)12-7-9-23-15(12)10-16(18)21/h2,4-5,7,9,14H,3,6,8,10H2,1H3,(H2,18,21). The average molecular weight is 313 g/mol. The second-order valence-corrected chi connectivity index (χ2v) is 5.76. The van der Waals surface area contributed by atoms with E-state index in [2.05, 4.69) is 4.98 Å². The van der Waals surface area contributed by atoms with Crippen LogP contribution in [0.4, 0.5) is 0 Å². The van der Waals surface area contributed by atoms with Crippen LogP contribution in [0.5, 0.6) is 0 Å². The molecule has 1 saturated heterocycles. The molecule has 1 atom stereocenters. The van der Waals surface area contributed by atoms with Gasteiger partial charge in [-0.25, -0.2) is 0 Å². The summed E-state index contributed by atoms with van der Waals surface area (Å²) in [5, 5.41) is 0. The molecule has 23 heavy (non-hydrogen) atoms. The smallest absolute Gasteiger partial charge is 0.257 e. The summed E-state index contributed by atoms with van der Waals surface area (Å²) in [5.41, 5.74) is 7.44. The van der Waals surface area contributed by atoms with E-state index in [0.717, 1.165) is 24.2 Å². The summed E-state index contributed by atoms with van der Waals surface area (Å²) in [7, 11) is 0. The third-order valence-corrected chi connectivity index (χ3v) is 4.08. The minimum absolute atomic E-state index is 0.0428. The normalized spacial score (nSPS) is 17.4. The van der Waals surface area contributed by atoms with Gasteiger partial charge in [0.1, 0.15) is 5.76 Å². The van der Waals surface area contributed by atoms with Crippen LogP contribution in [0, 0.1) is 6.92 Å². The number of rotatable bonds is 4.